The maximum Gasteiger partial charge on any atom is 0.123 e. The maximum absolute atomic E-state index is 4.85. The third kappa shape index (κ3) is 4.11. The summed E-state index contributed by atoms with van der Waals surface area (Å²) in [6, 6.07) is 16.9. The van der Waals surface area contributed by atoms with Gasteiger partial charge in [0, 0.05) is 39.8 Å². The Kier molecular flexibility index (Phi) is 5.46. The number of thiazole rings is 1. The molecule has 0 aliphatic rings. The minimum Gasteiger partial charge on any atom is -0.380 e. The van der Waals surface area contributed by atoms with Crippen molar-refractivity contribution < 1.29 is 0 Å². The number of H-pyrrole nitrogens is 1. The fourth-order valence-corrected chi connectivity index (χ4v) is 4.31. The van der Waals surface area contributed by atoms with E-state index >= 15 is 0 Å². The standard InChI is InChI=1S/C23H26N4S/c1-16-22(15-24-19-7-5-4-6-8-19)28-23(26-16)17-9-10-21-20(13-17)18(14-25-21)11-12-27(2)3/h4-10,13-14,24-25H,11-12,15H2,1-3H3. The monoisotopic (exact) mass is 390 g/mol. The predicted molar refractivity (Wildman–Crippen MR) is 120 cm³/mol. The summed E-state index contributed by atoms with van der Waals surface area (Å²) in [7, 11) is 4.23. The van der Waals surface area contributed by atoms with Crippen molar-refractivity contribution in [1.29, 1.82) is 0 Å². The van der Waals surface area contributed by atoms with E-state index in [9.17, 15) is 0 Å². The third-order valence-electron chi connectivity index (χ3n) is 4.96. The highest BCUT2D eigenvalue weighted by Gasteiger charge is 2.12. The Morgan fingerprint density at radius 3 is 2.71 bits per heavy atom. The Bertz CT molecular complexity index is 1060. The minimum absolute atomic E-state index is 0.800. The molecule has 2 aromatic heterocycles. The van der Waals surface area contributed by atoms with E-state index in [4.69, 9.17) is 4.98 Å². The zero-order valence-electron chi connectivity index (χ0n) is 16.6. The summed E-state index contributed by atoms with van der Waals surface area (Å²) in [5, 5.41) is 5.88. The van der Waals surface area contributed by atoms with Crippen LogP contribution in [-0.2, 0) is 13.0 Å². The zero-order chi connectivity index (χ0) is 19.5. The van der Waals surface area contributed by atoms with Gasteiger partial charge in [-0.15, -0.1) is 11.3 Å². The molecule has 0 atom stereocenters. The summed E-state index contributed by atoms with van der Waals surface area (Å²) in [5.41, 5.74) is 5.99. The van der Waals surface area contributed by atoms with Gasteiger partial charge in [-0.3, -0.25) is 0 Å². The van der Waals surface area contributed by atoms with Gasteiger partial charge in [0.2, 0.25) is 0 Å². The number of fused-ring (bicyclic) bond motifs is 1. The van der Waals surface area contributed by atoms with E-state index < -0.39 is 0 Å². The van der Waals surface area contributed by atoms with Crippen molar-refractivity contribution in [2.75, 3.05) is 26.0 Å². The first-order valence-corrected chi connectivity index (χ1v) is 10.4. The van der Waals surface area contributed by atoms with Crippen LogP contribution in [0.25, 0.3) is 21.5 Å². The molecule has 0 bridgehead atoms. The molecule has 4 aromatic rings. The maximum atomic E-state index is 4.85. The van der Waals surface area contributed by atoms with E-state index in [1.54, 1.807) is 11.3 Å². The number of benzene rings is 2. The second-order valence-electron chi connectivity index (χ2n) is 7.37. The number of anilines is 1. The molecule has 0 amide bonds. The first kappa shape index (κ1) is 18.7. The van der Waals surface area contributed by atoms with Gasteiger partial charge in [0.05, 0.1) is 12.2 Å². The Balaban J connectivity index is 1.56. The van der Waals surface area contributed by atoms with Crippen LogP contribution in [0.1, 0.15) is 16.1 Å². The largest absolute Gasteiger partial charge is 0.380 e. The van der Waals surface area contributed by atoms with Gasteiger partial charge in [-0.2, -0.15) is 0 Å². The van der Waals surface area contributed by atoms with E-state index in [1.807, 2.05) is 18.2 Å². The molecule has 2 N–H and O–H groups in total. The first-order chi connectivity index (χ1) is 13.6. The van der Waals surface area contributed by atoms with Crippen molar-refractivity contribution in [1.82, 2.24) is 14.9 Å². The molecule has 0 radical (unpaired) electrons. The van der Waals surface area contributed by atoms with Gasteiger partial charge in [-0.05, 0) is 63.3 Å². The van der Waals surface area contributed by atoms with Crippen LogP contribution in [0.15, 0.2) is 54.7 Å². The number of nitrogens with zero attached hydrogens (tertiary/aromatic N) is 2. The molecule has 28 heavy (non-hydrogen) atoms. The average Bonchev–Trinajstić information content (AvgIpc) is 3.28. The summed E-state index contributed by atoms with van der Waals surface area (Å²) in [6.45, 7) is 3.94. The number of para-hydroxylation sites is 1. The van der Waals surface area contributed by atoms with Crippen molar-refractivity contribution in [3.05, 3.63) is 70.9 Å². The van der Waals surface area contributed by atoms with Gasteiger partial charge < -0.3 is 15.2 Å². The van der Waals surface area contributed by atoms with Gasteiger partial charge in [0.15, 0.2) is 0 Å². The number of aryl methyl sites for hydroxylation is 1. The SMILES string of the molecule is Cc1nc(-c2ccc3[nH]cc(CCN(C)C)c3c2)sc1CNc1ccccc1. The molecule has 2 aromatic carbocycles. The van der Waals surface area contributed by atoms with E-state index in [0.29, 0.717) is 0 Å². The number of nitrogens with one attached hydrogen (secondary N) is 2. The fourth-order valence-electron chi connectivity index (χ4n) is 3.32. The van der Waals surface area contributed by atoms with Crippen LogP contribution < -0.4 is 5.32 Å². The summed E-state index contributed by atoms with van der Waals surface area (Å²) >= 11 is 1.78. The summed E-state index contributed by atoms with van der Waals surface area (Å²) < 4.78 is 0. The number of aromatic amines is 1. The molecular formula is C23H26N4S. The Hall–Kier alpha value is -2.63. The molecule has 0 unspecified atom stereocenters. The highest BCUT2D eigenvalue weighted by molar-refractivity contribution is 7.15. The Labute approximate surface area is 170 Å². The predicted octanol–water partition coefficient (Wildman–Crippen LogP) is 5.32. The smallest absolute Gasteiger partial charge is 0.123 e. The molecule has 2 heterocycles. The average molecular weight is 391 g/mol. The molecular weight excluding hydrogens is 364 g/mol. The van der Waals surface area contributed by atoms with Crippen molar-refractivity contribution in [2.24, 2.45) is 0 Å². The van der Waals surface area contributed by atoms with Gasteiger partial charge in [-0.1, -0.05) is 18.2 Å². The lowest BCUT2D eigenvalue weighted by atomic mass is 10.1. The molecule has 0 saturated carbocycles. The summed E-state index contributed by atoms with van der Waals surface area (Å²) in [6.07, 6.45) is 3.18. The molecule has 5 heteroatoms. The second kappa shape index (κ2) is 8.17. The van der Waals surface area contributed by atoms with Crippen LogP contribution in [0.2, 0.25) is 0 Å². The zero-order valence-corrected chi connectivity index (χ0v) is 17.4. The molecule has 4 rings (SSSR count). The highest BCUT2D eigenvalue weighted by Crippen LogP contribution is 2.31. The number of hydrogen-bond acceptors (Lipinski definition) is 4. The normalized spacial score (nSPS) is 11.4. The topological polar surface area (TPSA) is 44.0 Å². The first-order valence-electron chi connectivity index (χ1n) is 9.60. The van der Waals surface area contributed by atoms with Crippen molar-refractivity contribution >= 4 is 27.9 Å². The lowest BCUT2D eigenvalue weighted by Gasteiger charge is -2.08. The van der Waals surface area contributed by atoms with Crippen molar-refractivity contribution in [3.8, 4) is 10.6 Å². The summed E-state index contributed by atoms with van der Waals surface area (Å²) in [4.78, 5) is 11.7. The van der Waals surface area contributed by atoms with Crippen LogP contribution in [0.3, 0.4) is 0 Å². The number of hydrogen-bond donors (Lipinski definition) is 2. The summed E-state index contributed by atoms with van der Waals surface area (Å²) in [5.74, 6) is 0. The highest BCUT2D eigenvalue weighted by atomic mass is 32.1. The molecule has 0 aliphatic heterocycles. The molecule has 4 nitrogen and oxygen atoms in total. The lowest BCUT2D eigenvalue weighted by Crippen LogP contribution is -2.14. The molecule has 0 saturated heterocycles. The lowest BCUT2D eigenvalue weighted by molar-refractivity contribution is 0.414. The van der Waals surface area contributed by atoms with Crippen molar-refractivity contribution in [3.63, 3.8) is 0 Å². The van der Waals surface area contributed by atoms with Gasteiger partial charge >= 0.3 is 0 Å². The number of aromatic nitrogens is 2. The number of likely N-dealkylation sites (N-methyl/N-ethyl adjacent to an activating group) is 1. The quantitative estimate of drug-likeness (QED) is 0.449. The van der Waals surface area contributed by atoms with E-state index in [0.717, 1.165) is 35.9 Å². The molecule has 144 valence electrons. The van der Waals surface area contributed by atoms with Gasteiger partial charge in [-0.25, -0.2) is 4.98 Å². The van der Waals surface area contributed by atoms with Crippen LogP contribution in [0.5, 0.6) is 0 Å². The third-order valence-corrected chi connectivity index (χ3v) is 6.17. The van der Waals surface area contributed by atoms with Gasteiger partial charge in [0.25, 0.3) is 0 Å². The Morgan fingerprint density at radius 2 is 1.93 bits per heavy atom. The van der Waals surface area contributed by atoms with E-state index in [-0.39, 0.29) is 0 Å². The second-order valence-corrected chi connectivity index (χ2v) is 8.46. The fraction of sp³-hybridized carbons (Fsp3) is 0.261. The van der Waals surface area contributed by atoms with Crippen LogP contribution in [0, 0.1) is 6.92 Å². The molecule has 0 fully saturated rings. The Morgan fingerprint density at radius 1 is 1.11 bits per heavy atom. The van der Waals surface area contributed by atoms with Crippen molar-refractivity contribution in [2.45, 2.75) is 19.9 Å². The number of rotatable bonds is 7. The van der Waals surface area contributed by atoms with Crippen LogP contribution in [0.4, 0.5) is 5.69 Å². The molecule has 0 spiro atoms. The minimum atomic E-state index is 0.800. The van der Waals surface area contributed by atoms with Crippen LogP contribution in [-0.4, -0.2) is 35.5 Å². The van der Waals surface area contributed by atoms with Crippen LogP contribution >= 0.6 is 11.3 Å². The van der Waals surface area contributed by atoms with Gasteiger partial charge in [0.1, 0.15) is 5.01 Å². The van der Waals surface area contributed by atoms with E-state index in [2.05, 4.69) is 72.7 Å². The van der Waals surface area contributed by atoms with E-state index in [1.165, 1.54) is 26.9 Å². The molecule has 0 aliphatic carbocycles.